The van der Waals surface area contributed by atoms with E-state index in [4.69, 9.17) is 11.6 Å². The van der Waals surface area contributed by atoms with E-state index in [1.165, 1.54) is 0 Å². The smallest absolute Gasteiger partial charge is 0.228 e. The fourth-order valence-electron chi connectivity index (χ4n) is 4.80. The lowest BCUT2D eigenvalue weighted by molar-refractivity contribution is -0.135. The molecule has 33 heavy (non-hydrogen) atoms. The summed E-state index contributed by atoms with van der Waals surface area (Å²) < 4.78 is 25.6. The molecule has 2 atom stereocenters. The van der Waals surface area contributed by atoms with Gasteiger partial charge in [-0.25, -0.2) is 8.42 Å². The number of amides is 2. The Labute approximate surface area is 199 Å². The largest absolute Gasteiger partial charge is 0.341 e. The molecule has 0 N–H and O–H groups in total. The standard InChI is InChI=1S/C23H29ClN4O4S/c1-15-20(16(2)28(25-15)19-8-9-33(31,32)14-19)13-26(3)23(30)18-10-22(29)27(12-18)11-17-6-4-5-7-21(17)24/h4-7,18-19H,8-14H2,1-3H3/t18-,19+/m1/s1. The van der Waals surface area contributed by atoms with Crippen molar-refractivity contribution in [3.8, 4) is 0 Å². The highest BCUT2D eigenvalue weighted by atomic mass is 35.5. The number of likely N-dealkylation sites (tertiary alicyclic amines) is 1. The second-order valence-electron chi connectivity index (χ2n) is 9.11. The van der Waals surface area contributed by atoms with E-state index in [0.29, 0.717) is 31.1 Å². The molecule has 2 aliphatic heterocycles. The fraction of sp³-hybridized carbons (Fsp3) is 0.522. The highest BCUT2D eigenvalue weighted by molar-refractivity contribution is 7.91. The van der Waals surface area contributed by atoms with Crippen LogP contribution in [0.2, 0.25) is 5.02 Å². The van der Waals surface area contributed by atoms with Gasteiger partial charge in [-0.1, -0.05) is 29.8 Å². The number of hydrogen-bond donors (Lipinski definition) is 0. The van der Waals surface area contributed by atoms with Crippen LogP contribution in [0.1, 0.15) is 41.4 Å². The molecule has 8 nitrogen and oxygen atoms in total. The molecule has 0 spiro atoms. The molecule has 0 bridgehead atoms. The van der Waals surface area contributed by atoms with E-state index in [1.54, 1.807) is 27.6 Å². The molecule has 0 saturated carbocycles. The number of benzene rings is 1. The van der Waals surface area contributed by atoms with Crippen molar-refractivity contribution < 1.29 is 18.0 Å². The quantitative estimate of drug-likeness (QED) is 0.617. The summed E-state index contributed by atoms with van der Waals surface area (Å²) in [5.74, 6) is -0.247. The predicted molar refractivity (Wildman–Crippen MR) is 125 cm³/mol. The number of hydrogen-bond acceptors (Lipinski definition) is 5. The molecule has 2 saturated heterocycles. The van der Waals surface area contributed by atoms with Gasteiger partial charge in [0.2, 0.25) is 11.8 Å². The fourth-order valence-corrected chi connectivity index (χ4v) is 6.69. The second-order valence-corrected chi connectivity index (χ2v) is 11.7. The van der Waals surface area contributed by atoms with Gasteiger partial charge in [0.05, 0.1) is 29.2 Å². The van der Waals surface area contributed by atoms with Gasteiger partial charge in [0, 0.05) is 49.4 Å². The summed E-state index contributed by atoms with van der Waals surface area (Å²) in [7, 11) is -1.28. The van der Waals surface area contributed by atoms with Crippen LogP contribution in [0.25, 0.3) is 0 Å². The number of carbonyl (C=O) groups excluding carboxylic acids is 2. The van der Waals surface area contributed by atoms with Crippen LogP contribution >= 0.6 is 11.6 Å². The van der Waals surface area contributed by atoms with Gasteiger partial charge in [-0.2, -0.15) is 5.10 Å². The molecule has 0 aliphatic carbocycles. The number of halogens is 1. The number of carbonyl (C=O) groups is 2. The van der Waals surface area contributed by atoms with E-state index < -0.39 is 15.8 Å². The highest BCUT2D eigenvalue weighted by Crippen LogP contribution is 2.28. The Morgan fingerprint density at radius 2 is 2.00 bits per heavy atom. The van der Waals surface area contributed by atoms with Crippen molar-refractivity contribution in [2.75, 3.05) is 25.1 Å². The molecule has 1 aromatic heterocycles. The van der Waals surface area contributed by atoms with Gasteiger partial charge in [-0.05, 0) is 31.9 Å². The van der Waals surface area contributed by atoms with Crippen molar-refractivity contribution in [2.45, 2.75) is 45.8 Å². The second kappa shape index (κ2) is 9.10. The molecule has 0 radical (unpaired) electrons. The summed E-state index contributed by atoms with van der Waals surface area (Å²) in [5.41, 5.74) is 3.46. The molecule has 2 fully saturated rings. The van der Waals surface area contributed by atoms with Crippen LogP contribution in [0.5, 0.6) is 0 Å². The maximum absolute atomic E-state index is 13.1. The van der Waals surface area contributed by atoms with Crippen molar-refractivity contribution >= 4 is 33.3 Å². The van der Waals surface area contributed by atoms with Gasteiger partial charge in [0.15, 0.2) is 9.84 Å². The Morgan fingerprint density at radius 1 is 1.27 bits per heavy atom. The first kappa shape index (κ1) is 23.8. The summed E-state index contributed by atoms with van der Waals surface area (Å²) >= 11 is 6.23. The van der Waals surface area contributed by atoms with Gasteiger partial charge >= 0.3 is 0 Å². The first-order valence-electron chi connectivity index (χ1n) is 11.1. The molecule has 2 aliphatic rings. The molecule has 178 valence electrons. The molecular weight excluding hydrogens is 464 g/mol. The number of nitrogens with zero attached hydrogens (tertiary/aromatic N) is 4. The van der Waals surface area contributed by atoms with Gasteiger partial charge in [-0.3, -0.25) is 14.3 Å². The minimum Gasteiger partial charge on any atom is -0.341 e. The van der Waals surface area contributed by atoms with Crippen LogP contribution in [-0.4, -0.2) is 64.9 Å². The van der Waals surface area contributed by atoms with Crippen LogP contribution in [-0.2, 0) is 32.5 Å². The zero-order valence-electron chi connectivity index (χ0n) is 19.1. The Bertz CT molecular complexity index is 1190. The number of rotatable bonds is 6. The van der Waals surface area contributed by atoms with Crippen molar-refractivity contribution in [1.29, 1.82) is 0 Å². The summed E-state index contributed by atoms with van der Waals surface area (Å²) in [6.45, 7) is 4.92. The first-order chi connectivity index (χ1) is 15.6. The third-order valence-corrected chi connectivity index (χ3v) is 8.80. The Hall–Kier alpha value is -2.39. The van der Waals surface area contributed by atoms with Crippen LogP contribution in [0.15, 0.2) is 24.3 Å². The Morgan fingerprint density at radius 3 is 2.67 bits per heavy atom. The lowest BCUT2D eigenvalue weighted by Gasteiger charge is -2.22. The van der Waals surface area contributed by atoms with E-state index in [-0.39, 0.29) is 35.8 Å². The van der Waals surface area contributed by atoms with Crippen LogP contribution in [0.4, 0.5) is 0 Å². The van der Waals surface area contributed by atoms with Gasteiger partial charge in [0.25, 0.3) is 0 Å². The summed E-state index contributed by atoms with van der Waals surface area (Å²) in [4.78, 5) is 29.0. The predicted octanol–water partition coefficient (Wildman–Crippen LogP) is 2.52. The molecule has 0 unspecified atom stereocenters. The first-order valence-corrected chi connectivity index (χ1v) is 13.3. The monoisotopic (exact) mass is 492 g/mol. The van der Waals surface area contributed by atoms with Crippen molar-refractivity contribution in [1.82, 2.24) is 19.6 Å². The molecule has 10 heteroatoms. The molecule has 2 amide bonds. The van der Waals surface area contributed by atoms with Gasteiger partial charge in [0.1, 0.15) is 0 Å². The molecule has 2 aromatic rings. The van der Waals surface area contributed by atoms with E-state index in [9.17, 15) is 18.0 Å². The van der Waals surface area contributed by atoms with Crippen LogP contribution in [0.3, 0.4) is 0 Å². The number of aryl methyl sites for hydroxylation is 1. The molecular formula is C23H29ClN4O4S. The maximum atomic E-state index is 13.1. The average Bonchev–Trinajstić information content (AvgIpc) is 3.39. The van der Waals surface area contributed by atoms with Crippen molar-refractivity contribution in [3.05, 3.63) is 51.8 Å². The SMILES string of the molecule is Cc1nn([C@H]2CCS(=O)(=O)C2)c(C)c1CN(C)C(=O)[C@@H]1CC(=O)N(Cc2ccccc2Cl)C1. The Kier molecular flexibility index (Phi) is 6.55. The zero-order chi connectivity index (χ0) is 23.9. The van der Waals surface area contributed by atoms with Crippen LogP contribution < -0.4 is 0 Å². The Balaban J connectivity index is 1.42. The van der Waals surface area contributed by atoms with Crippen molar-refractivity contribution in [3.63, 3.8) is 0 Å². The van der Waals surface area contributed by atoms with Gasteiger partial charge in [-0.15, -0.1) is 0 Å². The zero-order valence-corrected chi connectivity index (χ0v) is 20.7. The number of aromatic nitrogens is 2. The molecule has 4 rings (SSSR count). The third kappa shape index (κ3) is 4.94. The van der Waals surface area contributed by atoms with E-state index in [0.717, 1.165) is 22.5 Å². The lowest BCUT2D eigenvalue weighted by atomic mass is 10.1. The normalized spacial score (nSPS) is 22.2. The minimum absolute atomic E-state index is 0.0516. The summed E-state index contributed by atoms with van der Waals surface area (Å²) in [6.07, 6.45) is 0.745. The number of sulfone groups is 1. The summed E-state index contributed by atoms with van der Waals surface area (Å²) in [6, 6.07) is 7.24. The van der Waals surface area contributed by atoms with E-state index >= 15 is 0 Å². The third-order valence-electron chi connectivity index (χ3n) is 6.68. The summed E-state index contributed by atoms with van der Waals surface area (Å²) in [5, 5.41) is 5.19. The molecule has 3 heterocycles. The average molecular weight is 493 g/mol. The van der Waals surface area contributed by atoms with E-state index in [1.807, 2.05) is 32.0 Å². The maximum Gasteiger partial charge on any atom is 0.228 e. The van der Waals surface area contributed by atoms with Crippen LogP contribution in [0, 0.1) is 19.8 Å². The lowest BCUT2D eigenvalue weighted by Crippen LogP contribution is -2.34. The van der Waals surface area contributed by atoms with Gasteiger partial charge < -0.3 is 9.80 Å². The highest BCUT2D eigenvalue weighted by Gasteiger charge is 2.36. The van der Waals surface area contributed by atoms with Crippen molar-refractivity contribution in [2.24, 2.45) is 5.92 Å². The molecule has 1 aromatic carbocycles. The minimum atomic E-state index is -3.02. The van der Waals surface area contributed by atoms with E-state index in [2.05, 4.69) is 5.10 Å². The topological polar surface area (TPSA) is 92.6 Å².